The molecule has 1 saturated carbocycles. The first-order valence-corrected chi connectivity index (χ1v) is 18.7. The number of halogens is 1. The van der Waals surface area contributed by atoms with Crippen LogP contribution in [0.5, 0.6) is 0 Å². The number of piperidine rings is 3. The lowest BCUT2D eigenvalue weighted by atomic mass is 9.65. The largest absolute Gasteiger partial charge is 0.379 e. The van der Waals surface area contributed by atoms with Crippen molar-refractivity contribution in [1.82, 2.24) is 29.9 Å². The molecule has 7 rings (SSSR count). The average molecular weight is 745 g/mol. The standard InChI is InChI=1S/C38H46BrN7O4/c1-44-22-28(19-29(23-44)42-32-21-41-45(2)37(50)34(32)39)24-3-5-26(6-4-24)36(49)46-17-15-38(16-18-46)13-11-25(12-14-38)31-9-7-27(20-40-31)30-8-10-33(47)43-35(30)48/h3-7,9,20-21,25,28-30,42H,8,10-19,22-23H2,1-2H3,(H,43,47,48)/t28-,29+,30?/m1/s1. The van der Waals surface area contributed by atoms with E-state index in [0.29, 0.717) is 40.3 Å². The van der Waals surface area contributed by atoms with Gasteiger partial charge in [0.2, 0.25) is 11.8 Å². The number of hydrogen-bond acceptors (Lipinski definition) is 8. The van der Waals surface area contributed by atoms with Gasteiger partial charge in [-0.1, -0.05) is 18.2 Å². The number of carbonyl (C=O) groups is 3. The third-order valence-corrected chi connectivity index (χ3v) is 12.5. The molecule has 1 aliphatic carbocycles. The zero-order chi connectivity index (χ0) is 35.0. The molecule has 264 valence electrons. The Morgan fingerprint density at radius 3 is 2.30 bits per heavy atom. The van der Waals surface area contributed by atoms with Gasteiger partial charge in [0.25, 0.3) is 11.5 Å². The van der Waals surface area contributed by atoms with E-state index in [4.69, 9.17) is 4.98 Å². The second kappa shape index (κ2) is 14.4. The third kappa shape index (κ3) is 7.28. The van der Waals surface area contributed by atoms with Gasteiger partial charge in [0.05, 0.1) is 17.8 Å². The Hall–Kier alpha value is -3.90. The number of aromatic nitrogens is 3. The molecule has 5 heterocycles. The van der Waals surface area contributed by atoms with Crippen LogP contribution in [0.1, 0.15) is 103 Å². The summed E-state index contributed by atoms with van der Waals surface area (Å²) in [6.45, 7) is 3.37. The Morgan fingerprint density at radius 1 is 0.900 bits per heavy atom. The van der Waals surface area contributed by atoms with E-state index in [1.54, 1.807) is 13.2 Å². The number of benzene rings is 1. The van der Waals surface area contributed by atoms with Gasteiger partial charge in [-0.05, 0) is 115 Å². The summed E-state index contributed by atoms with van der Waals surface area (Å²) in [6, 6.07) is 12.4. The molecule has 0 bridgehead atoms. The molecule has 11 nitrogen and oxygen atoms in total. The Labute approximate surface area is 301 Å². The van der Waals surface area contributed by atoms with Crippen molar-refractivity contribution in [3.8, 4) is 0 Å². The van der Waals surface area contributed by atoms with Gasteiger partial charge in [-0.25, -0.2) is 4.68 Å². The maximum atomic E-state index is 13.6. The van der Waals surface area contributed by atoms with Crippen molar-refractivity contribution in [2.45, 2.75) is 81.6 Å². The molecular weight excluding hydrogens is 698 g/mol. The van der Waals surface area contributed by atoms with Crippen molar-refractivity contribution in [3.05, 3.63) is 86.0 Å². The summed E-state index contributed by atoms with van der Waals surface area (Å²) in [7, 11) is 3.75. The number of rotatable bonds is 6. The van der Waals surface area contributed by atoms with Gasteiger partial charge in [-0.15, -0.1) is 0 Å². The van der Waals surface area contributed by atoms with Crippen LogP contribution in [0.4, 0.5) is 5.69 Å². The molecule has 1 aromatic carbocycles. The number of anilines is 1. The number of pyridine rings is 1. The first kappa shape index (κ1) is 34.5. The number of hydrogen-bond donors (Lipinski definition) is 2. The number of amides is 3. The van der Waals surface area contributed by atoms with E-state index in [-0.39, 0.29) is 35.2 Å². The molecule has 3 saturated heterocycles. The lowest BCUT2D eigenvalue weighted by Crippen LogP contribution is -2.44. The zero-order valence-corrected chi connectivity index (χ0v) is 30.5. The predicted octanol–water partition coefficient (Wildman–Crippen LogP) is 4.94. The van der Waals surface area contributed by atoms with Crippen LogP contribution in [0.3, 0.4) is 0 Å². The van der Waals surface area contributed by atoms with E-state index in [1.807, 2.05) is 29.3 Å². The maximum Gasteiger partial charge on any atom is 0.282 e. The molecule has 12 heteroatoms. The van der Waals surface area contributed by atoms with Gasteiger partial charge in [0, 0.05) is 69.1 Å². The van der Waals surface area contributed by atoms with E-state index in [1.165, 1.54) is 10.2 Å². The van der Waals surface area contributed by atoms with Crippen molar-refractivity contribution in [1.29, 1.82) is 0 Å². The van der Waals surface area contributed by atoms with Crippen molar-refractivity contribution < 1.29 is 14.4 Å². The summed E-state index contributed by atoms with van der Waals surface area (Å²) in [6.07, 6.45) is 11.9. The maximum absolute atomic E-state index is 13.6. The zero-order valence-electron chi connectivity index (χ0n) is 28.9. The normalized spacial score (nSPS) is 24.6. The molecule has 50 heavy (non-hydrogen) atoms. The van der Waals surface area contributed by atoms with Crippen LogP contribution in [0.2, 0.25) is 0 Å². The number of aryl methyl sites for hydroxylation is 1. The molecule has 1 spiro atoms. The van der Waals surface area contributed by atoms with Crippen LogP contribution in [-0.2, 0) is 16.6 Å². The number of carbonyl (C=O) groups excluding carboxylic acids is 3. The van der Waals surface area contributed by atoms with Gasteiger partial charge >= 0.3 is 0 Å². The van der Waals surface area contributed by atoms with E-state index >= 15 is 0 Å². The molecule has 3 atom stereocenters. The first-order chi connectivity index (χ1) is 24.1. The summed E-state index contributed by atoms with van der Waals surface area (Å²) in [5.74, 6) is 0.108. The molecule has 2 aromatic heterocycles. The van der Waals surface area contributed by atoms with Crippen molar-refractivity contribution in [2.24, 2.45) is 12.5 Å². The molecule has 3 aromatic rings. The van der Waals surface area contributed by atoms with Crippen LogP contribution in [0.25, 0.3) is 0 Å². The highest BCUT2D eigenvalue weighted by Crippen LogP contribution is 2.49. The van der Waals surface area contributed by atoms with Crippen LogP contribution >= 0.6 is 15.9 Å². The predicted molar refractivity (Wildman–Crippen MR) is 194 cm³/mol. The van der Waals surface area contributed by atoms with E-state index in [0.717, 1.165) is 87.9 Å². The molecule has 0 radical (unpaired) electrons. The minimum atomic E-state index is -0.301. The van der Waals surface area contributed by atoms with Crippen LogP contribution in [-0.4, -0.2) is 81.6 Å². The topological polar surface area (TPSA) is 130 Å². The lowest BCUT2D eigenvalue weighted by Gasteiger charge is -2.46. The number of imide groups is 1. The minimum absolute atomic E-state index is 0.115. The molecule has 2 N–H and O–H groups in total. The molecule has 3 aliphatic heterocycles. The van der Waals surface area contributed by atoms with Crippen molar-refractivity contribution in [3.63, 3.8) is 0 Å². The summed E-state index contributed by atoms with van der Waals surface area (Å²) < 4.78 is 1.81. The number of nitrogens with zero attached hydrogens (tertiary/aromatic N) is 5. The van der Waals surface area contributed by atoms with Gasteiger partial charge in [-0.3, -0.25) is 29.5 Å². The lowest BCUT2D eigenvalue weighted by molar-refractivity contribution is -0.134. The highest BCUT2D eigenvalue weighted by atomic mass is 79.9. The number of likely N-dealkylation sites (N-methyl/N-ethyl adjacent to an activating group) is 1. The quantitative estimate of drug-likeness (QED) is 0.340. The monoisotopic (exact) mass is 743 g/mol. The molecular formula is C38H46BrN7O4. The molecule has 1 unspecified atom stereocenters. The molecule has 4 aliphatic rings. The Balaban J connectivity index is 0.901. The van der Waals surface area contributed by atoms with E-state index in [2.05, 4.69) is 61.8 Å². The second-order valence-corrected chi connectivity index (χ2v) is 15.8. The van der Waals surface area contributed by atoms with Crippen molar-refractivity contribution >= 4 is 39.3 Å². The van der Waals surface area contributed by atoms with Gasteiger partial charge in [-0.2, -0.15) is 5.10 Å². The fourth-order valence-corrected chi connectivity index (χ4v) is 9.14. The summed E-state index contributed by atoms with van der Waals surface area (Å²) in [5, 5.41) is 10.1. The highest BCUT2D eigenvalue weighted by molar-refractivity contribution is 9.10. The van der Waals surface area contributed by atoms with E-state index < -0.39 is 0 Å². The number of likely N-dealkylation sites (tertiary alicyclic amines) is 2. The molecule has 3 amide bonds. The van der Waals surface area contributed by atoms with Gasteiger partial charge in [0.1, 0.15) is 4.47 Å². The fourth-order valence-electron chi connectivity index (χ4n) is 8.66. The molecule has 4 fully saturated rings. The minimum Gasteiger partial charge on any atom is -0.379 e. The Bertz CT molecular complexity index is 1790. The highest BCUT2D eigenvalue weighted by Gasteiger charge is 2.40. The smallest absolute Gasteiger partial charge is 0.282 e. The first-order valence-electron chi connectivity index (χ1n) is 17.9. The second-order valence-electron chi connectivity index (χ2n) is 15.0. The van der Waals surface area contributed by atoms with Gasteiger partial charge < -0.3 is 15.1 Å². The van der Waals surface area contributed by atoms with Crippen LogP contribution in [0.15, 0.2) is 58.1 Å². The van der Waals surface area contributed by atoms with Crippen molar-refractivity contribution in [2.75, 3.05) is 38.5 Å². The fraction of sp³-hybridized carbons (Fsp3) is 0.526. The number of nitrogens with one attached hydrogen (secondary N) is 2. The Kier molecular flexibility index (Phi) is 9.93. The third-order valence-electron chi connectivity index (χ3n) is 11.7. The average Bonchev–Trinajstić information content (AvgIpc) is 3.12. The van der Waals surface area contributed by atoms with E-state index in [9.17, 15) is 19.2 Å². The summed E-state index contributed by atoms with van der Waals surface area (Å²) in [4.78, 5) is 58.8. The van der Waals surface area contributed by atoms with Gasteiger partial charge in [0.15, 0.2) is 0 Å². The Morgan fingerprint density at radius 2 is 1.62 bits per heavy atom. The summed E-state index contributed by atoms with van der Waals surface area (Å²) in [5.41, 5.74) is 4.76. The summed E-state index contributed by atoms with van der Waals surface area (Å²) >= 11 is 3.43. The van der Waals surface area contributed by atoms with Crippen LogP contribution in [0, 0.1) is 5.41 Å². The van der Waals surface area contributed by atoms with Crippen LogP contribution < -0.4 is 16.2 Å². The SMILES string of the molecule is CN1C[C@@H](Nc2cnn(C)c(=O)c2Br)C[C@@H](c2ccc(C(=O)N3CCC4(CCC(c5ccc(C6CCC(=O)NC6=O)cn5)CC4)CC3)cc2)C1.